The monoisotopic (exact) mass is 287 g/mol. The molecule has 1 N–H and O–H groups in total. The Hall–Kier alpha value is -1.88. The van der Waals surface area contributed by atoms with Gasteiger partial charge in [-0.25, -0.2) is 9.78 Å². The summed E-state index contributed by atoms with van der Waals surface area (Å²) in [6.45, 7) is 3.97. The Morgan fingerprint density at radius 2 is 2.33 bits per heavy atom. The van der Waals surface area contributed by atoms with Gasteiger partial charge in [0.1, 0.15) is 5.82 Å². The van der Waals surface area contributed by atoms with Gasteiger partial charge < -0.3 is 14.5 Å². The predicted molar refractivity (Wildman–Crippen MR) is 80.7 cm³/mol. The highest BCUT2D eigenvalue weighted by molar-refractivity contribution is 5.96. The van der Waals surface area contributed by atoms with Crippen LogP contribution in [0.2, 0.25) is 0 Å². The number of pyridine rings is 1. The third-order valence-electron chi connectivity index (χ3n) is 4.18. The van der Waals surface area contributed by atoms with Crippen molar-refractivity contribution in [1.29, 1.82) is 0 Å². The Bertz CT molecular complexity index is 655. The van der Waals surface area contributed by atoms with Crippen LogP contribution in [-0.4, -0.2) is 35.6 Å². The molecule has 0 aliphatic carbocycles. The number of hydrogen-bond donors (Lipinski definition) is 1. The molecular formula is C16H21N3O2. The fraction of sp³-hybridized carbons (Fsp3) is 0.500. The molecule has 0 amide bonds. The molecule has 1 atom stereocenters. The molecule has 112 valence electrons. The van der Waals surface area contributed by atoms with Gasteiger partial charge in [0.15, 0.2) is 5.69 Å². The summed E-state index contributed by atoms with van der Waals surface area (Å²) in [4.78, 5) is 16.7. The van der Waals surface area contributed by atoms with Crippen LogP contribution < -0.4 is 5.32 Å². The largest absolute Gasteiger partial charge is 0.464 e. The van der Waals surface area contributed by atoms with E-state index in [0.717, 1.165) is 36.4 Å². The highest BCUT2D eigenvalue weighted by Gasteiger charge is 2.25. The second-order valence-corrected chi connectivity index (χ2v) is 5.62. The maximum absolute atomic E-state index is 12.0. The van der Waals surface area contributed by atoms with E-state index in [2.05, 4.69) is 14.7 Å². The van der Waals surface area contributed by atoms with E-state index in [-0.39, 0.29) is 5.97 Å². The average Bonchev–Trinajstić information content (AvgIpc) is 2.70. The smallest absolute Gasteiger partial charge is 0.358 e. The Morgan fingerprint density at radius 1 is 1.48 bits per heavy atom. The van der Waals surface area contributed by atoms with Crippen LogP contribution >= 0.6 is 0 Å². The third kappa shape index (κ3) is 2.53. The van der Waals surface area contributed by atoms with Crippen molar-refractivity contribution in [2.45, 2.75) is 32.1 Å². The highest BCUT2D eigenvalue weighted by atomic mass is 16.5. The molecule has 1 fully saturated rings. The van der Waals surface area contributed by atoms with Gasteiger partial charge in [-0.05, 0) is 37.9 Å². The zero-order valence-corrected chi connectivity index (χ0v) is 12.6. The number of nitrogens with one attached hydrogen (secondary N) is 1. The van der Waals surface area contributed by atoms with Crippen LogP contribution in [0, 0.1) is 6.92 Å². The summed E-state index contributed by atoms with van der Waals surface area (Å²) >= 11 is 0. The number of carbonyl (C=O) groups is 1. The van der Waals surface area contributed by atoms with Gasteiger partial charge in [-0.1, -0.05) is 12.5 Å². The molecule has 0 bridgehead atoms. The zero-order chi connectivity index (χ0) is 14.8. The van der Waals surface area contributed by atoms with E-state index < -0.39 is 0 Å². The fourth-order valence-electron chi connectivity index (χ4n) is 3.10. The Labute approximate surface area is 124 Å². The molecule has 3 heterocycles. The predicted octanol–water partition coefficient (Wildman–Crippen LogP) is 2.29. The number of rotatable bonds is 2. The molecule has 0 spiro atoms. The SMILES string of the molecule is COC(=O)c1nc(C2CCCCNC2)n2cccc(C)c12. The number of esters is 1. The van der Waals surface area contributed by atoms with Crippen molar-refractivity contribution in [2.75, 3.05) is 20.2 Å². The quantitative estimate of drug-likeness (QED) is 0.861. The Morgan fingerprint density at radius 3 is 3.14 bits per heavy atom. The minimum Gasteiger partial charge on any atom is -0.464 e. The standard InChI is InChI=1S/C16H21N3O2/c1-11-6-5-9-19-14(11)13(16(20)21-2)18-15(19)12-7-3-4-8-17-10-12/h5-6,9,12,17H,3-4,7-8,10H2,1-2H3. The van der Waals surface area contributed by atoms with E-state index in [9.17, 15) is 4.79 Å². The van der Waals surface area contributed by atoms with Crippen LogP contribution in [0.1, 0.15) is 47.1 Å². The Balaban J connectivity index is 2.14. The summed E-state index contributed by atoms with van der Waals surface area (Å²) in [7, 11) is 1.40. The van der Waals surface area contributed by atoms with Gasteiger partial charge >= 0.3 is 5.97 Å². The maximum atomic E-state index is 12.0. The van der Waals surface area contributed by atoms with E-state index in [4.69, 9.17) is 4.74 Å². The lowest BCUT2D eigenvalue weighted by atomic mass is 10.0. The van der Waals surface area contributed by atoms with Crippen LogP contribution in [0.4, 0.5) is 0 Å². The first-order valence-corrected chi connectivity index (χ1v) is 7.49. The minimum atomic E-state index is -0.366. The van der Waals surface area contributed by atoms with Crippen molar-refractivity contribution in [2.24, 2.45) is 0 Å². The molecule has 0 radical (unpaired) electrons. The summed E-state index contributed by atoms with van der Waals surface area (Å²) in [5.41, 5.74) is 2.33. The second kappa shape index (κ2) is 5.85. The molecule has 1 unspecified atom stereocenters. The minimum absolute atomic E-state index is 0.334. The first kappa shape index (κ1) is 14.1. The summed E-state index contributed by atoms with van der Waals surface area (Å²) < 4.78 is 6.95. The van der Waals surface area contributed by atoms with E-state index in [0.29, 0.717) is 11.6 Å². The molecular weight excluding hydrogens is 266 g/mol. The molecule has 1 aliphatic heterocycles. The van der Waals surface area contributed by atoms with Crippen LogP contribution in [0.15, 0.2) is 18.3 Å². The normalized spacial score (nSPS) is 19.4. The zero-order valence-electron chi connectivity index (χ0n) is 12.6. The Kier molecular flexibility index (Phi) is 3.92. The average molecular weight is 287 g/mol. The first-order valence-electron chi connectivity index (χ1n) is 7.49. The van der Waals surface area contributed by atoms with E-state index in [1.54, 1.807) is 0 Å². The number of ether oxygens (including phenoxy) is 1. The van der Waals surface area contributed by atoms with Gasteiger partial charge in [-0.2, -0.15) is 0 Å². The third-order valence-corrected chi connectivity index (χ3v) is 4.18. The van der Waals surface area contributed by atoms with Crippen molar-refractivity contribution in [1.82, 2.24) is 14.7 Å². The van der Waals surface area contributed by atoms with Gasteiger partial charge in [0.25, 0.3) is 0 Å². The van der Waals surface area contributed by atoms with Crippen LogP contribution in [-0.2, 0) is 4.74 Å². The maximum Gasteiger partial charge on any atom is 0.358 e. The molecule has 2 aromatic rings. The van der Waals surface area contributed by atoms with Crippen LogP contribution in [0.25, 0.3) is 5.52 Å². The van der Waals surface area contributed by atoms with Crippen molar-refractivity contribution in [3.05, 3.63) is 35.4 Å². The molecule has 21 heavy (non-hydrogen) atoms. The first-order chi connectivity index (χ1) is 10.2. The number of nitrogens with zero attached hydrogens (tertiary/aromatic N) is 2. The number of carbonyl (C=O) groups excluding carboxylic acids is 1. The van der Waals surface area contributed by atoms with Gasteiger partial charge in [0, 0.05) is 18.7 Å². The number of hydrogen-bond acceptors (Lipinski definition) is 4. The van der Waals surface area contributed by atoms with E-state index in [1.165, 1.54) is 20.0 Å². The van der Waals surface area contributed by atoms with Gasteiger partial charge in [0.05, 0.1) is 12.6 Å². The highest BCUT2D eigenvalue weighted by Crippen LogP contribution is 2.27. The molecule has 5 heteroatoms. The van der Waals surface area contributed by atoms with Crippen molar-refractivity contribution >= 4 is 11.5 Å². The van der Waals surface area contributed by atoms with Crippen molar-refractivity contribution in [3.63, 3.8) is 0 Å². The number of aromatic nitrogens is 2. The second-order valence-electron chi connectivity index (χ2n) is 5.62. The van der Waals surface area contributed by atoms with Crippen LogP contribution in [0.5, 0.6) is 0 Å². The number of aryl methyl sites for hydroxylation is 1. The summed E-state index contributed by atoms with van der Waals surface area (Å²) in [5.74, 6) is 0.929. The fourth-order valence-corrected chi connectivity index (χ4v) is 3.10. The summed E-state index contributed by atoms with van der Waals surface area (Å²) in [6.07, 6.45) is 5.47. The van der Waals surface area contributed by atoms with Crippen molar-refractivity contribution < 1.29 is 9.53 Å². The van der Waals surface area contributed by atoms with Gasteiger partial charge in [-0.15, -0.1) is 0 Å². The number of methoxy groups -OCH3 is 1. The lowest BCUT2D eigenvalue weighted by Crippen LogP contribution is -2.20. The molecule has 1 aliphatic rings. The lowest BCUT2D eigenvalue weighted by Gasteiger charge is -2.13. The molecule has 2 aromatic heterocycles. The molecule has 1 saturated heterocycles. The molecule has 0 saturated carbocycles. The topological polar surface area (TPSA) is 55.6 Å². The number of imidazole rings is 1. The van der Waals surface area contributed by atoms with Gasteiger partial charge in [-0.3, -0.25) is 0 Å². The van der Waals surface area contributed by atoms with Crippen molar-refractivity contribution in [3.8, 4) is 0 Å². The van der Waals surface area contributed by atoms with Gasteiger partial charge in [0.2, 0.25) is 0 Å². The molecule has 0 aromatic carbocycles. The molecule has 3 rings (SSSR count). The lowest BCUT2D eigenvalue weighted by molar-refractivity contribution is 0.0596. The number of fused-ring (bicyclic) bond motifs is 1. The molecule has 5 nitrogen and oxygen atoms in total. The van der Waals surface area contributed by atoms with E-state index >= 15 is 0 Å². The van der Waals surface area contributed by atoms with E-state index in [1.807, 2.05) is 25.3 Å². The summed E-state index contributed by atoms with van der Waals surface area (Å²) in [6, 6.07) is 4.00. The summed E-state index contributed by atoms with van der Waals surface area (Å²) in [5, 5.41) is 3.46. The van der Waals surface area contributed by atoms with Crippen LogP contribution in [0.3, 0.4) is 0 Å².